The van der Waals surface area contributed by atoms with E-state index in [1.165, 1.54) is 0 Å². The number of amides is 2. The number of morpholine rings is 1. The van der Waals surface area contributed by atoms with Gasteiger partial charge in [-0.15, -0.1) is 0 Å². The van der Waals surface area contributed by atoms with E-state index >= 15 is 0 Å². The number of aliphatic hydroxyl groups excluding tert-OH is 2. The van der Waals surface area contributed by atoms with Crippen LogP contribution in [0.1, 0.15) is 47.6 Å². The van der Waals surface area contributed by atoms with Gasteiger partial charge in [-0.25, -0.2) is 4.79 Å². The van der Waals surface area contributed by atoms with Crippen molar-refractivity contribution in [3.8, 4) is 5.75 Å². The fourth-order valence-electron chi connectivity index (χ4n) is 7.04. The molecule has 3 aliphatic rings. The maximum Gasteiger partial charge on any atom is 0.407 e. The molecule has 52 heavy (non-hydrogen) atoms. The van der Waals surface area contributed by atoms with Gasteiger partial charge in [-0.05, 0) is 53.6 Å². The van der Waals surface area contributed by atoms with Crippen LogP contribution in [0.4, 0.5) is 4.79 Å². The monoisotopic (exact) mass is 713 g/mol. The van der Waals surface area contributed by atoms with Crippen LogP contribution in [-0.4, -0.2) is 104 Å². The molecule has 6 rings (SSSR count). The number of nitrogens with one attached hydrogen (secondary N) is 2. The molecular weight excluding hydrogens is 662 g/mol. The lowest BCUT2D eigenvalue weighted by Crippen LogP contribution is -2.48. The predicted octanol–water partition coefficient (Wildman–Crippen LogP) is 4.07. The Morgan fingerprint density at radius 3 is 2.50 bits per heavy atom. The highest BCUT2D eigenvalue weighted by Crippen LogP contribution is 2.32. The molecule has 0 bridgehead atoms. The average molecular weight is 714 g/mol. The molecule has 1 aliphatic carbocycles. The Hall–Kier alpha value is -4.26. The number of carbonyl (C=O) groups is 2. The summed E-state index contributed by atoms with van der Waals surface area (Å²) in [5.41, 5.74) is 3.77. The third-order valence-electron chi connectivity index (χ3n) is 10.0. The van der Waals surface area contributed by atoms with E-state index in [9.17, 15) is 19.8 Å². The van der Waals surface area contributed by atoms with Crippen LogP contribution in [0.2, 0.25) is 0 Å². The summed E-state index contributed by atoms with van der Waals surface area (Å²) in [5.74, 6) is -0.150. The zero-order valence-electron chi connectivity index (χ0n) is 29.6. The lowest BCUT2D eigenvalue weighted by Gasteiger charge is -2.28. The summed E-state index contributed by atoms with van der Waals surface area (Å²) in [5, 5.41) is 28.5. The Balaban J connectivity index is 1.13. The van der Waals surface area contributed by atoms with Crippen LogP contribution in [0.5, 0.6) is 5.75 Å². The van der Waals surface area contributed by atoms with E-state index in [1.807, 2.05) is 91.0 Å². The zero-order chi connectivity index (χ0) is 36.1. The fourth-order valence-corrected chi connectivity index (χ4v) is 7.04. The Labute approximate surface area is 305 Å². The molecule has 3 aromatic carbocycles. The number of benzene rings is 3. The third kappa shape index (κ3) is 10.9. The molecule has 11 heteroatoms. The molecule has 0 unspecified atom stereocenters. The van der Waals surface area contributed by atoms with Gasteiger partial charge in [0.25, 0.3) is 0 Å². The number of carbonyl (C=O) groups excluding carboxylic acids is 2. The van der Waals surface area contributed by atoms with Crippen molar-refractivity contribution in [1.29, 1.82) is 0 Å². The Morgan fingerprint density at radius 2 is 1.73 bits per heavy atom. The topological polar surface area (TPSA) is 139 Å². The lowest BCUT2D eigenvalue weighted by molar-refractivity contribution is -0.127. The number of ether oxygens (including phenoxy) is 4. The molecule has 0 spiro atoms. The lowest BCUT2D eigenvalue weighted by atomic mass is 9.90. The van der Waals surface area contributed by atoms with Crippen LogP contribution in [-0.2, 0) is 31.8 Å². The summed E-state index contributed by atoms with van der Waals surface area (Å²) in [6.45, 7) is 5.68. The first-order chi connectivity index (χ1) is 25.4. The van der Waals surface area contributed by atoms with Gasteiger partial charge in [-0.3, -0.25) is 9.69 Å². The molecule has 4 N–H and O–H groups in total. The molecule has 0 radical (unpaired) electrons. The van der Waals surface area contributed by atoms with E-state index in [1.54, 1.807) is 0 Å². The minimum Gasteiger partial charge on any atom is -0.492 e. The number of rotatable bonds is 16. The van der Waals surface area contributed by atoms with E-state index in [4.69, 9.17) is 18.9 Å². The van der Waals surface area contributed by atoms with Gasteiger partial charge >= 0.3 is 6.09 Å². The van der Waals surface area contributed by atoms with E-state index in [0.717, 1.165) is 60.9 Å². The first kappa shape index (κ1) is 37.5. The highest BCUT2D eigenvalue weighted by Gasteiger charge is 2.35. The smallest absolute Gasteiger partial charge is 0.407 e. The number of fused-ring (bicyclic) bond motifs is 1. The Morgan fingerprint density at radius 1 is 0.962 bits per heavy atom. The van der Waals surface area contributed by atoms with Crippen LogP contribution < -0.4 is 15.4 Å². The minimum atomic E-state index is -1.08. The van der Waals surface area contributed by atoms with Crippen molar-refractivity contribution in [3.63, 3.8) is 0 Å². The number of hydrogen-bond acceptors (Lipinski definition) is 9. The minimum absolute atomic E-state index is 0.0703. The standard InChI is InChI=1S/C41H51N3O8/c45-37(36(25-30-7-2-1-3-8-30)42-41(48)52-34-17-21-50-28-34)27-32(40(47)43-39-35-12-5-4-10-31(35)26-38(39)46)11-6-9-29-13-15-33(16-14-29)51-24-20-44-18-22-49-23-19-44/h1-10,12-16,32,34,36-39,45-46H,11,17-28H2,(H,42,48)(H,43,47)/b9-6+/t32-,34+,36+,37+,38-,39+/m1/s1. The molecule has 2 fully saturated rings. The van der Waals surface area contributed by atoms with Crippen LogP contribution in [0.25, 0.3) is 6.08 Å². The van der Waals surface area contributed by atoms with Crippen molar-refractivity contribution in [1.82, 2.24) is 15.5 Å². The van der Waals surface area contributed by atoms with E-state index in [-0.39, 0.29) is 18.4 Å². The highest BCUT2D eigenvalue weighted by atomic mass is 16.6. The number of hydrogen-bond donors (Lipinski definition) is 4. The normalized spacial score (nSPS) is 22.0. The molecule has 2 heterocycles. The molecule has 2 aliphatic heterocycles. The van der Waals surface area contributed by atoms with Crippen molar-refractivity contribution < 1.29 is 38.7 Å². The summed E-state index contributed by atoms with van der Waals surface area (Å²) in [6, 6.07) is 23.8. The van der Waals surface area contributed by atoms with Crippen molar-refractivity contribution in [2.24, 2.45) is 5.92 Å². The molecule has 11 nitrogen and oxygen atoms in total. The largest absolute Gasteiger partial charge is 0.492 e. The first-order valence-electron chi connectivity index (χ1n) is 18.4. The summed E-state index contributed by atoms with van der Waals surface area (Å²) in [7, 11) is 0. The van der Waals surface area contributed by atoms with Crippen molar-refractivity contribution in [2.45, 2.75) is 62.5 Å². The summed E-state index contributed by atoms with van der Waals surface area (Å²) >= 11 is 0. The first-order valence-corrected chi connectivity index (χ1v) is 18.4. The van der Waals surface area contributed by atoms with Gasteiger partial charge in [0.2, 0.25) is 5.91 Å². The van der Waals surface area contributed by atoms with Crippen LogP contribution >= 0.6 is 0 Å². The quantitative estimate of drug-likeness (QED) is 0.173. The Bertz CT molecular complexity index is 1590. The van der Waals surface area contributed by atoms with Gasteiger partial charge in [-0.2, -0.15) is 0 Å². The van der Waals surface area contributed by atoms with Gasteiger partial charge in [0.1, 0.15) is 18.5 Å². The fraction of sp³-hybridized carbons (Fsp3) is 0.463. The molecular formula is C41H51N3O8. The summed E-state index contributed by atoms with van der Waals surface area (Å²) in [6.07, 6.45) is 2.90. The van der Waals surface area contributed by atoms with Crippen LogP contribution in [0.15, 0.2) is 84.9 Å². The number of aliphatic hydroxyl groups is 2. The van der Waals surface area contributed by atoms with E-state index in [2.05, 4.69) is 15.5 Å². The van der Waals surface area contributed by atoms with Crippen LogP contribution in [0.3, 0.4) is 0 Å². The molecule has 2 saturated heterocycles. The highest BCUT2D eigenvalue weighted by molar-refractivity contribution is 5.80. The van der Waals surface area contributed by atoms with Gasteiger partial charge in [0.05, 0.1) is 50.7 Å². The van der Waals surface area contributed by atoms with Gasteiger partial charge in [-0.1, -0.05) is 78.9 Å². The third-order valence-corrected chi connectivity index (χ3v) is 10.0. The van der Waals surface area contributed by atoms with Gasteiger partial charge in [0, 0.05) is 38.4 Å². The maximum absolute atomic E-state index is 14.0. The SMILES string of the molecule is O=C(N[C@@H](Cc1ccccc1)[C@@H](O)C[C@@H](C/C=C/c1ccc(OCCN2CCOCC2)cc1)C(=O)N[C@H]1c2ccccc2C[C@H]1O)O[C@H]1CCOC1. The molecule has 278 valence electrons. The zero-order valence-corrected chi connectivity index (χ0v) is 29.6. The predicted molar refractivity (Wildman–Crippen MR) is 197 cm³/mol. The Kier molecular flexibility index (Phi) is 13.7. The van der Waals surface area contributed by atoms with Crippen molar-refractivity contribution in [2.75, 3.05) is 52.7 Å². The van der Waals surface area contributed by atoms with E-state index in [0.29, 0.717) is 45.5 Å². The van der Waals surface area contributed by atoms with Crippen LogP contribution in [0, 0.1) is 5.92 Å². The van der Waals surface area contributed by atoms with Gasteiger partial charge in [0.15, 0.2) is 0 Å². The second kappa shape index (κ2) is 19.0. The van der Waals surface area contributed by atoms with Crippen molar-refractivity contribution >= 4 is 18.1 Å². The summed E-state index contributed by atoms with van der Waals surface area (Å²) < 4.78 is 22.3. The second-order valence-corrected chi connectivity index (χ2v) is 13.8. The number of alkyl carbamates (subject to hydrolysis) is 1. The van der Waals surface area contributed by atoms with Gasteiger partial charge < -0.3 is 39.8 Å². The second-order valence-electron chi connectivity index (χ2n) is 13.8. The molecule has 2 amide bonds. The molecule has 6 atom stereocenters. The maximum atomic E-state index is 14.0. The number of nitrogens with zero attached hydrogens (tertiary/aromatic N) is 1. The van der Waals surface area contributed by atoms with E-state index < -0.39 is 36.3 Å². The van der Waals surface area contributed by atoms with Crippen molar-refractivity contribution in [3.05, 3.63) is 107 Å². The number of allylic oxidation sites excluding steroid dienone is 1. The molecule has 0 saturated carbocycles. The average Bonchev–Trinajstić information content (AvgIpc) is 3.79. The molecule has 3 aromatic rings. The molecule has 0 aromatic heterocycles. The summed E-state index contributed by atoms with van der Waals surface area (Å²) in [4.78, 5) is 29.3.